The number of benzene rings is 3. The van der Waals surface area contributed by atoms with Crippen molar-refractivity contribution < 1.29 is 23.9 Å². The smallest absolute Gasteiger partial charge is 0.325 e. The molecule has 1 atom stereocenters. The van der Waals surface area contributed by atoms with Gasteiger partial charge in [-0.3, -0.25) is 19.3 Å². The molecule has 1 aliphatic rings. The monoisotopic (exact) mass is 488 g/mol. The Bertz CT molecular complexity index is 1320. The highest BCUT2D eigenvalue weighted by Crippen LogP contribution is 2.31. The molecule has 1 heterocycles. The van der Waals surface area contributed by atoms with Crippen LogP contribution in [0.25, 0.3) is 10.8 Å². The number of likely N-dealkylation sites (N-methyl/N-ethyl adjacent to an activating group) is 1. The van der Waals surface area contributed by atoms with Gasteiger partial charge in [-0.25, -0.2) is 4.79 Å². The number of rotatable bonds is 8. The number of anilines is 1. The summed E-state index contributed by atoms with van der Waals surface area (Å²) in [5.74, 6) is -0.764. The molecule has 1 fully saturated rings. The van der Waals surface area contributed by atoms with E-state index in [9.17, 15) is 19.2 Å². The normalized spacial score (nSPS) is 17.1. The summed E-state index contributed by atoms with van der Waals surface area (Å²) in [4.78, 5) is 53.7. The lowest BCUT2D eigenvalue weighted by Crippen LogP contribution is -2.46. The number of hydrogen-bond acceptors (Lipinski definition) is 5. The predicted octanol–water partition coefficient (Wildman–Crippen LogP) is 3.10. The van der Waals surface area contributed by atoms with E-state index in [0.717, 1.165) is 15.7 Å². The summed E-state index contributed by atoms with van der Waals surface area (Å²) < 4.78 is 5.10. The molecule has 9 nitrogen and oxygen atoms in total. The second-order valence-electron chi connectivity index (χ2n) is 8.69. The lowest BCUT2D eigenvalue weighted by atomic mass is 9.90. The third kappa shape index (κ3) is 4.86. The fraction of sp³-hybridized carbons (Fsp3) is 0.259. The zero-order chi connectivity index (χ0) is 25.9. The topological polar surface area (TPSA) is 108 Å². The first-order valence-corrected chi connectivity index (χ1v) is 11.6. The molecule has 1 saturated heterocycles. The van der Waals surface area contributed by atoms with Crippen molar-refractivity contribution in [1.29, 1.82) is 0 Å². The summed E-state index contributed by atoms with van der Waals surface area (Å²) in [6.07, 6.45) is 0. The third-order valence-corrected chi connectivity index (χ3v) is 6.34. The van der Waals surface area contributed by atoms with Crippen LogP contribution >= 0.6 is 0 Å². The van der Waals surface area contributed by atoms with Gasteiger partial charge in [0.2, 0.25) is 11.8 Å². The molecule has 0 bridgehead atoms. The summed E-state index contributed by atoms with van der Waals surface area (Å²) in [5, 5.41) is 7.41. The molecule has 5 amide bonds. The lowest BCUT2D eigenvalue weighted by molar-refractivity contribution is -0.140. The highest BCUT2D eigenvalue weighted by atomic mass is 16.5. The molecule has 4 rings (SSSR count). The van der Waals surface area contributed by atoms with Crippen LogP contribution in [0.3, 0.4) is 0 Å². The number of fused-ring (bicyclic) bond motifs is 1. The van der Waals surface area contributed by atoms with Crippen LogP contribution in [-0.2, 0) is 19.9 Å². The van der Waals surface area contributed by atoms with E-state index in [2.05, 4.69) is 10.6 Å². The highest BCUT2D eigenvalue weighted by Gasteiger charge is 2.49. The van der Waals surface area contributed by atoms with Crippen LogP contribution in [-0.4, -0.2) is 60.3 Å². The van der Waals surface area contributed by atoms with E-state index in [1.54, 1.807) is 51.3 Å². The minimum Gasteiger partial charge on any atom is -0.497 e. The summed E-state index contributed by atoms with van der Waals surface area (Å²) in [7, 11) is 1.55. The largest absolute Gasteiger partial charge is 0.497 e. The van der Waals surface area contributed by atoms with Gasteiger partial charge in [0.15, 0.2) is 0 Å². The van der Waals surface area contributed by atoms with Crippen LogP contribution in [0.2, 0.25) is 0 Å². The van der Waals surface area contributed by atoms with Crippen molar-refractivity contribution in [2.75, 3.05) is 32.1 Å². The number of nitrogens with zero attached hydrogens (tertiary/aromatic N) is 2. The molecule has 3 aromatic carbocycles. The Morgan fingerprint density at radius 3 is 2.39 bits per heavy atom. The summed E-state index contributed by atoms with van der Waals surface area (Å²) in [5.41, 5.74) is -0.116. The van der Waals surface area contributed by atoms with Gasteiger partial charge in [0.25, 0.3) is 5.91 Å². The van der Waals surface area contributed by atoms with Crippen molar-refractivity contribution in [3.63, 3.8) is 0 Å². The van der Waals surface area contributed by atoms with Crippen molar-refractivity contribution in [3.05, 3.63) is 72.3 Å². The van der Waals surface area contributed by atoms with E-state index in [0.29, 0.717) is 17.0 Å². The van der Waals surface area contributed by atoms with Gasteiger partial charge in [0.05, 0.1) is 13.7 Å². The Kier molecular flexibility index (Phi) is 6.91. The molecule has 3 aromatic rings. The average Bonchev–Trinajstić information content (AvgIpc) is 3.11. The van der Waals surface area contributed by atoms with Crippen molar-refractivity contribution >= 4 is 40.2 Å². The Balaban J connectivity index is 1.43. The van der Waals surface area contributed by atoms with Crippen molar-refractivity contribution in [3.8, 4) is 5.75 Å². The first-order chi connectivity index (χ1) is 17.2. The van der Waals surface area contributed by atoms with Crippen molar-refractivity contribution in [2.24, 2.45) is 0 Å². The van der Waals surface area contributed by atoms with E-state index in [1.165, 1.54) is 4.90 Å². The number of imide groups is 1. The van der Waals surface area contributed by atoms with Gasteiger partial charge in [0.1, 0.15) is 17.8 Å². The number of hydrogen-bond donors (Lipinski definition) is 2. The molecule has 1 aliphatic heterocycles. The van der Waals surface area contributed by atoms with Gasteiger partial charge in [-0.15, -0.1) is 0 Å². The average molecular weight is 489 g/mol. The molecule has 0 radical (unpaired) electrons. The molecular weight excluding hydrogens is 460 g/mol. The van der Waals surface area contributed by atoms with Gasteiger partial charge < -0.3 is 20.3 Å². The second kappa shape index (κ2) is 10.1. The molecule has 186 valence electrons. The molecule has 0 spiro atoms. The molecule has 0 aromatic heterocycles. The molecule has 0 aliphatic carbocycles. The third-order valence-electron chi connectivity index (χ3n) is 6.34. The van der Waals surface area contributed by atoms with Gasteiger partial charge in [0, 0.05) is 12.2 Å². The van der Waals surface area contributed by atoms with Crippen molar-refractivity contribution in [1.82, 2.24) is 15.1 Å². The lowest BCUT2D eigenvalue weighted by Gasteiger charge is -2.24. The molecule has 9 heteroatoms. The maximum absolute atomic E-state index is 13.3. The van der Waals surface area contributed by atoms with Crippen LogP contribution < -0.4 is 15.4 Å². The summed E-state index contributed by atoms with van der Waals surface area (Å²) >= 11 is 0. The Labute approximate surface area is 209 Å². The molecular formula is C27H28N4O5. The number of amides is 5. The molecule has 2 N–H and O–H groups in total. The van der Waals surface area contributed by atoms with Gasteiger partial charge in [-0.2, -0.15) is 0 Å². The van der Waals surface area contributed by atoms with E-state index in [1.807, 2.05) is 36.4 Å². The van der Waals surface area contributed by atoms with Crippen LogP contribution in [0.4, 0.5) is 10.5 Å². The van der Waals surface area contributed by atoms with Crippen LogP contribution in [0.5, 0.6) is 5.75 Å². The van der Waals surface area contributed by atoms with Crippen molar-refractivity contribution in [2.45, 2.75) is 19.4 Å². The molecule has 0 saturated carbocycles. The van der Waals surface area contributed by atoms with E-state index < -0.39 is 35.8 Å². The van der Waals surface area contributed by atoms with E-state index in [-0.39, 0.29) is 13.1 Å². The highest BCUT2D eigenvalue weighted by molar-refractivity contribution is 6.09. The number of nitrogens with one attached hydrogen (secondary N) is 2. The van der Waals surface area contributed by atoms with Gasteiger partial charge >= 0.3 is 6.03 Å². The standard InChI is InChI=1S/C27H28N4O5/c1-4-30(16-23(32)28-21-11-13-22(36-3)14-12-21)24(33)17-31-25(34)27(2,29-26(31)35)20-10-9-18-7-5-6-8-19(18)15-20/h5-15H,4,16-17H2,1-3H3,(H,28,32)(H,29,35)/t27-/m1/s1. The quantitative estimate of drug-likeness (QED) is 0.474. The fourth-order valence-corrected chi connectivity index (χ4v) is 4.20. The second-order valence-corrected chi connectivity index (χ2v) is 8.69. The van der Waals surface area contributed by atoms with Crippen LogP contribution in [0, 0.1) is 0 Å². The number of methoxy groups -OCH3 is 1. The maximum Gasteiger partial charge on any atom is 0.325 e. The predicted molar refractivity (Wildman–Crippen MR) is 135 cm³/mol. The number of carbonyl (C=O) groups excluding carboxylic acids is 4. The minimum atomic E-state index is -1.30. The minimum absolute atomic E-state index is 0.215. The number of urea groups is 1. The summed E-state index contributed by atoms with van der Waals surface area (Å²) in [6.45, 7) is 2.91. The summed E-state index contributed by atoms with van der Waals surface area (Å²) in [6, 6.07) is 19.4. The zero-order valence-corrected chi connectivity index (χ0v) is 20.4. The zero-order valence-electron chi connectivity index (χ0n) is 20.4. The molecule has 36 heavy (non-hydrogen) atoms. The number of ether oxygens (including phenoxy) is 1. The van der Waals surface area contributed by atoms with Gasteiger partial charge in [-0.05, 0) is 60.5 Å². The Morgan fingerprint density at radius 2 is 1.72 bits per heavy atom. The first-order valence-electron chi connectivity index (χ1n) is 11.6. The Hall–Kier alpha value is -4.40. The first kappa shape index (κ1) is 24.7. The van der Waals surface area contributed by atoms with E-state index in [4.69, 9.17) is 4.74 Å². The Morgan fingerprint density at radius 1 is 1.03 bits per heavy atom. The van der Waals surface area contributed by atoms with Crippen LogP contribution in [0.15, 0.2) is 66.7 Å². The number of carbonyl (C=O) groups is 4. The molecule has 0 unspecified atom stereocenters. The maximum atomic E-state index is 13.3. The van der Waals surface area contributed by atoms with E-state index >= 15 is 0 Å². The fourth-order valence-electron chi connectivity index (χ4n) is 4.20. The van der Waals surface area contributed by atoms with Crippen LogP contribution in [0.1, 0.15) is 19.4 Å². The van der Waals surface area contributed by atoms with Gasteiger partial charge in [-0.1, -0.05) is 36.4 Å². The SMILES string of the molecule is CCN(CC(=O)Nc1ccc(OC)cc1)C(=O)CN1C(=O)N[C@](C)(c2ccc3ccccc3c2)C1=O.